The van der Waals surface area contributed by atoms with E-state index < -0.39 is 8.38 Å². The molecule has 3 nitrogen and oxygen atoms in total. The Labute approximate surface area is 104 Å². The van der Waals surface area contributed by atoms with Crippen molar-refractivity contribution in [1.82, 2.24) is 0 Å². The Balaban J connectivity index is 2.62. The lowest BCUT2D eigenvalue weighted by molar-refractivity contribution is 0.101. The van der Waals surface area contributed by atoms with Gasteiger partial charge in [-0.05, 0) is 26.3 Å². The summed E-state index contributed by atoms with van der Waals surface area (Å²) >= 11 is 0. The normalized spacial score (nSPS) is 10.8. The quantitative estimate of drug-likeness (QED) is 0.548. The van der Waals surface area contributed by atoms with Crippen molar-refractivity contribution in [3.05, 3.63) is 35.4 Å². The Hall–Kier alpha value is -0.760. The minimum atomic E-state index is -0.847. The average Bonchev–Trinajstić information content (AvgIpc) is 2.30. The molecule has 1 aromatic rings. The smallest absolute Gasteiger partial charge is 0.175 e. The van der Waals surface area contributed by atoms with E-state index >= 15 is 0 Å². The van der Waals surface area contributed by atoms with Crippen molar-refractivity contribution in [2.45, 2.75) is 26.9 Å². The molecule has 0 aliphatic carbocycles. The van der Waals surface area contributed by atoms with Crippen molar-refractivity contribution < 1.29 is 13.8 Å². The molecule has 0 aliphatic rings. The van der Waals surface area contributed by atoms with Gasteiger partial charge in [0.1, 0.15) is 0 Å². The van der Waals surface area contributed by atoms with Crippen LogP contribution >= 0.6 is 8.38 Å². The van der Waals surface area contributed by atoms with Crippen LogP contribution < -0.4 is 0 Å². The summed E-state index contributed by atoms with van der Waals surface area (Å²) in [4.78, 5) is 11.1. The molecule has 0 bridgehead atoms. The highest BCUT2D eigenvalue weighted by Gasteiger charge is 2.10. The third-order valence-corrected chi connectivity index (χ3v) is 3.93. The van der Waals surface area contributed by atoms with Crippen LogP contribution in [0, 0.1) is 0 Å². The number of carbonyl (C=O) groups is 1. The van der Waals surface area contributed by atoms with Crippen LogP contribution in [0.2, 0.25) is 0 Å². The van der Waals surface area contributed by atoms with Gasteiger partial charge in [0.05, 0.1) is 13.2 Å². The summed E-state index contributed by atoms with van der Waals surface area (Å²) in [5.41, 5.74) is 1.88. The molecule has 0 heterocycles. The van der Waals surface area contributed by atoms with Gasteiger partial charge in [-0.1, -0.05) is 24.3 Å². The third-order valence-electron chi connectivity index (χ3n) is 2.22. The van der Waals surface area contributed by atoms with Crippen molar-refractivity contribution >= 4 is 14.2 Å². The maximum absolute atomic E-state index is 11.1. The van der Waals surface area contributed by atoms with Gasteiger partial charge in [0.2, 0.25) is 0 Å². The third kappa shape index (κ3) is 4.95. The first-order chi connectivity index (χ1) is 8.17. The summed E-state index contributed by atoms with van der Waals surface area (Å²) in [6, 6.07) is 7.63. The van der Waals surface area contributed by atoms with E-state index in [4.69, 9.17) is 9.05 Å². The second kappa shape index (κ2) is 7.54. The van der Waals surface area contributed by atoms with Crippen molar-refractivity contribution in [2.75, 3.05) is 13.2 Å². The number of carbonyl (C=O) groups excluding carboxylic acids is 1. The molecule has 0 aliphatic heterocycles. The van der Waals surface area contributed by atoms with Gasteiger partial charge in [-0.25, -0.2) is 0 Å². The molecule has 0 spiro atoms. The topological polar surface area (TPSA) is 35.5 Å². The number of rotatable bonds is 7. The molecule has 0 saturated carbocycles. The van der Waals surface area contributed by atoms with Crippen LogP contribution in [0.25, 0.3) is 0 Å². The standard InChI is InChI=1S/C13H19O3P/c1-4-15-17(16-5-2)10-12-6-8-13(9-7-12)11(3)14/h6-9H,4-5,10H2,1-3H3. The molecule has 0 aromatic heterocycles. The van der Waals surface area contributed by atoms with Gasteiger partial charge in [-0.3, -0.25) is 4.79 Å². The van der Waals surface area contributed by atoms with Crippen LogP contribution in [-0.2, 0) is 15.2 Å². The molecule has 0 atom stereocenters. The van der Waals surface area contributed by atoms with Crippen LogP contribution in [0.15, 0.2) is 24.3 Å². The molecule has 4 heteroatoms. The summed E-state index contributed by atoms with van der Waals surface area (Å²) in [5, 5.41) is 0. The highest BCUT2D eigenvalue weighted by Crippen LogP contribution is 2.41. The highest BCUT2D eigenvalue weighted by atomic mass is 31.2. The first-order valence-corrected chi connectivity index (χ1v) is 7.16. The number of hydrogen-bond donors (Lipinski definition) is 0. The summed E-state index contributed by atoms with van der Waals surface area (Å²) in [5.74, 6) is 0.0911. The molecule has 17 heavy (non-hydrogen) atoms. The Bertz CT molecular complexity index is 342. The lowest BCUT2D eigenvalue weighted by Crippen LogP contribution is -1.96. The van der Waals surface area contributed by atoms with E-state index in [0.29, 0.717) is 13.2 Å². The maximum Gasteiger partial charge on any atom is 0.175 e. The zero-order chi connectivity index (χ0) is 12.7. The number of ketones is 1. The summed E-state index contributed by atoms with van der Waals surface area (Å²) in [7, 11) is -0.847. The summed E-state index contributed by atoms with van der Waals surface area (Å²) in [6.07, 6.45) is 0.773. The van der Waals surface area contributed by atoms with Crippen molar-refractivity contribution in [2.24, 2.45) is 0 Å². The predicted octanol–water partition coefficient (Wildman–Crippen LogP) is 3.77. The molecule has 0 N–H and O–H groups in total. The fraction of sp³-hybridized carbons (Fsp3) is 0.462. The Morgan fingerprint density at radius 1 is 1.12 bits per heavy atom. The minimum Gasteiger partial charge on any atom is -0.334 e. The molecule has 94 valence electrons. The monoisotopic (exact) mass is 254 g/mol. The van der Waals surface area contributed by atoms with Gasteiger partial charge in [0, 0.05) is 11.7 Å². The van der Waals surface area contributed by atoms with Gasteiger partial charge in [0.25, 0.3) is 0 Å². The molecule has 1 rings (SSSR count). The maximum atomic E-state index is 11.1. The fourth-order valence-electron chi connectivity index (χ4n) is 1.41. The van der Waals surface area contributed by atoms with E-state index in [9.17, 15) is 4.79 Å². The molecule has 0 unspecified atom stereocenters. The average molecular weight is 254 g/mol. The van der Waals surface area contributed by atoms with Crippen LogP contribution in [-0.4, -0.2) is 19.0 Å². The second-order valence-corrected chi connectivity index (χ2v) is 5.08. The molecule has 0 saturated heterocycles. The van der Waals surface area contributed by atoms with Crippen LogP contribution in [0.4, 0.5) is 0 Å². The highest BCUT2D eigenvalue weighted by molar-refractivity contribution is 7.46. The molecule has 0 fully saturated rings. The minimum absolute atomic E-state index is 0.0911. The van der Waals surface area contributed by atoms with Crippen molar-refractivity contribution in [3.63, 3.8) is 0 Å². The Morgan fingerprint density at radius 3 is 2.06 bits per heavy atom. The zero-order valence-electron chi connectivity index (χ0n) is 10.6. The van der Waals surface area contributed by atoms with Gasteiger partial charge < -0.3 is 9.05 Å². The van der Waals surface area contributed by atoms with E-state index in [2.05, 4.69) is 0 Å². The van der Waals surface area contributed by atoms with E-state index in [1.165, 1.54) is 0 Å². The van der Waals surface area contributed by atoms with Crippen molar-refractivity contribution in [3.8, 4) is 0 Å². The molecule has 0 amide bonds. The summed E-state index contributed by atoms with van der Waals surface area (Å²) < 4.78 is 11.1. The largest absolute Gasteiger partial charge is 0.334 e. The summed E-state index contributed by atoms with van der Waals surface area (Å²) in [6.45, 7) is 6.83. The van der Waals surface area contributed by atoms with Crippen LogP contribution in [0.5, 0.6) is 0 Å². The van der Waals surface area contributed by atoms with E-state index in [0.717, 1.165) is 17.3 Å². The number of benzene rings is 1. The second-order valence-electron chi connectivity index (χ2n) is 3.58. The van der Waals surface area contributed by atoms with Crippen LogP contribution in [0.1, 0.15) is 36.7 Å². The van der Waals surface area contributed by atoms with Gasteiger partial charge in [-0.2, -0.15) is 0 Å². The van der Waals surface area contributed by atoms with Crippen molar-refractivity contribution in [1.29, 1.82) is 0 Å². The molecular formula is C13H19O3P. The lowest BCUT2D eigenvalue weighted by atomic mass is 10.1. The van der Waals surface area contributed by atoms with E-state index in [1.54, 1.807) is 6.92 Å². The Kier molecular flexibility index (Phi) is 6.35. The molecular weight excluding hydrogens is 235 g/mol. The molecule has 0 radical (unpaired) electrons. The van der Waals surface area contributed by atoms with Crippen LogP contribution in [0.3, 0.4) is 0 Å². The van der Waals surface area contributed by atoms with Gasteiger partial charge in [0.15, 0.2) is 14.2 Å². The van der Waals surface area contributed by atoms with E-state index in [1.807, 2.05) is 38.1 Å². The van der Waals surface area contributed by atoms with Gasteiger partial charge in [-0.15, -0.1) is 0 Å². The lowest BCUT2D eigenvalue weighted by Gasteiger charge is -2.15. The van der Waals surface area contributed by atoms with E-state index in [-0.39, 0.29) is 5.78 Å². The fourth-order valence-corrected chi connectivity index (χ4v) is 2.75. The first-order valence-electron chi connectivity index (χ1n) is 5.80. The number of hydrogen-bond acceptors (Lipinski definition) is 3. The first kappa shape index (κ1) is 14.3. The SMILES string of the molecule is CCOP(Cc1ccc(C(C)=O)cc1)OCC. The Morgan fingerprint density at radius 2 is 1.65 bits per heavy atom. The van der Waals surface area contributed by atoms with Gasteiger partial charge >= 0.3 is 0 Å². The molecule has 1 aromatic carbocycles. The number of Topliss-reactive ketones (excluding diaryl/α,β-unsaturated/α-hetero) is 1. The zero-order valence-corrected chi connectivity index (χ0v) is 11.5. The predicted molar refractivity (Wildman–Crippen MR) is 70.3 cm³/mol.